The number of aryl methyl sites for hydroxylation is 1. The molecule has 0 N–H and O–H groups in total. The summed E-state index contributed by atoms with van der Waals surface area (Å²) in [6, 6.07) is 2.67. The van der Waals surface area contributed by atoms with E-state index < -0.39 is 0 Å². The molecule has 0 radical (unpaired) electrons. The first-order valence-corrected chi connectivity index (χ1v) is 6.80. The van der Waals surface area contributed by atoms with Gasteiger partial charge in [-0.25, -0.2) is 0 Å². The zero-order valence-corrected chi connectivity index (χ0v) is 11.7. The van der Waals surface area contributed by atoms with Gasteiger partial charge >= 0.3 is 0 Å². The molecule has 0 aliphatic heterocycles. The molecule has 1 unspecified atom stereocenters. The van der Waals surface area contributed by atoms with Crippen LogP contribution in [0.2, 0.25) is 0 Å². The first-order chi connectivity index (χ1) is 7.52. The number of hydrogen-bond donors (Lipinski definition) is 0. The summed E-state index contributed by atoms with van der Waals surface area (Å²) >= 11 is 3.35. The van der Waals surface area contributed by atoms with Crippen molar-refractivity contribution in [1.82, 2.24) is 4.57 Å². The van der Waals surface area contributed by atoms with Crippen molar-refractivity contribution >= 4 is 21.7 Å². The number of hydrogen-bond acceptors (Lipinski definition) is 1. The van der Waals surface area contributed by atoms with Crippen LogP contribution in [0.1, 0.15) is 54.0 Å². The maximum absolute atomic E-state index is 12.0. The van der Waals surface area contributed by atoms with Crippen LogP contribution in [0.25, 0.3) is 0 Å². The minimum absolute atomic E-state index is 0.0946. The molecule has 0 aromatic carbocycles. The van der Waals surface area contributed by atoms with Gasteiger partial charge < -0.3 is 4.57 Å². The van der Waals surface area contributed by atoms with E-state index in [-0.39, 0.29) is 10.6 Å². The Morgan fingerprint density at radius 1 is 1.50 bits per heavy atom. The summed E-state index contributed by atoms with van der Waals surface area (Å²) in [7, 11) is 0. The van der Waals surface area contributed by atoms with Crippen molar-refractivity contribution in [3.63, 3.8) is 0 Å². The standard InChI is InChI=1S/C13H18BrNO/c1-8-7-12(13(16)9(2)14)10(3)15(8)11-5-4-6-11/h7,9,11H,4-6H2,1-3H3. The fourth-order valence-electron chi connectivity index (χ4n) is 2.45. The lowest BCUT2D eigenvalue weighted by atomic mass is 9.92. The summed E-state index contributed by atoms with van der Waals surface area (Å²) in [4.78, 5) is 11.9. The van der Waals surface area contributed by atoms with E-state index in [4.69, 9.17) is 0 Å². The summed E-state index contributed by atoms with van der Waals surface area (Å²) in [5.74, 6) is 0.193. The lowest BCUT2D eigenvalue weighted by Crippen LogP contribution is -2.20. The summed E-state index contributed by atoms with van der Waals surface area (Å²) in [6.45, 7) is 6.05. The van der Waals surface area contributed by atoms with Gasteiger partial charge in [0.25, 0.3) is 0 Å². The number of rotatable bonds is 3. The molecule has 0 amide bonds. The normalized spacial score (nSPS) is 18.2. The Morgan fingerprint density at radius 3 is 2.56 bits per heavy atom. The minimum atomic E-state index is -0.0946. The number of carbonyl (C=O) groups excluding carboxylic acids is 1. The van der Waals surface area contributed by atoms with E-state index >= 15 is 0 Å². The van der Waals surface area contributed by atoms with Crippen molar-refractivity contribution in [2.45, 2.75) is 50.9 Å². The maximum atomic E-state index is 12.0. The molecule has 1 aliphatic carbocycles. The van der Waals surface area contributed by atoms with Crippen LogP contribution in [0, 0.1) is 13.8 Å². The first-order valence-electron chi connectivity index (χ1n) is 5.89. The molecule has 88 valence electrons. The first kappa shape index (κ1) is 11.9. The molecule has 1 heterocycles. The lowest BCUT2D eigenvalue weighted by Gasteiger charge is -2.30. The quantitative estimate of drug-likeness (QED) is 0.611. The van der Waals surface area contributed by atoms with Gasteiger partial charge in [0.15, 0.2) is 5.78 Å². The van der Waals surface area contributed by atoms with Gasteiger partial charge in [-0.2, -0.15) is 0 Å². The van der Waals surface area contributed by atoms with Gasteiger partial charge in [0.2, 0.25) is 0 Å². The van der Waals surface area contributed by atoms with Crippen LogP contribution in [0.4, 0.5) is 0 Å². The smallest absolute Gasteiger partial charge is 0.177 e. The zero-order chi connectivity index (χ0) is 11.9. The second-order valence-corrected chi connectivity index (χ2v) is 6.09. The second-order valence-electron chi connectivity index (χ2n) is 4.72. The van der Waals surface area contributed by atoms with Crippen molar-refractivity contribution in [3.05, 3.63) is 23.0 Å². The largest absolute Gasteiger partial charge is 0.345 e. The lowest BCUT2D eigenvalue weighted by molar-refractivity contribution is 0.0995. The highest BCUT2D eigenvalue weighted by Crippen LogP contribution is 2.35. The molecule has 1 aliphatic rings. The van der Waals surface area contributed by atoms with Gasteiger partial charge in [0, 0.05) is 23.0 Å². The molecule has 1 saturated carbocycles. The van der Waals surface area contributed by atoms with Crippen LogP contribution >= 0.6 is 15.9 Å². The van der Waals surface area contributed by atoms with E-state index in [0.29, 0.717) is 6.04 Å². The third-order valence-electron chi connectivity index (χ3n) is 3.55. The monoisotopic (exact) mass is 283 g/mol. The topological polar surface area (TPSA) is 22.0 Å². The Balaban J connectivity index is 2.38. The molecule has 1 aromatic heterocycles. The Bertz CT molecular complexity index is 416. The molecule has 1 aromatic rings. The number of nitrogens with zero attached hydrogens (tertiary/aromatic N) is 1. The number of aromatic nitrogens is 1. The highest BCUT2D eigenvalue weighted by molar-refractivity contribution is 9.10. The van der Waals surface area contributed by atoms with Gasteiger partial charge in [-0.15, -0.1) is 0 Å². The number of ketones is 1. The van der Waals surface area contributed by atoms with E-state index in [1.165, 1.54) is 25.0 Å². The Kier molecular flexibility index (Phi) is 3.24. The molecule has 0 saturated heterocycles. The summed E-state index contributed by atoms with van der Waals surface area (Å²) in [5.41, 5.74) is 3.24. The molecule has 1 fully saturated rings. The van der Waals surface area contributed by atoms with Crippen molar-refractivity contribution in [2.75, 3.05) is 0 Å². The van der Waals surface area contributed by atoms with Gasteiger partial charge in [-0.1, -0.05) is 15.9 Å². The van der Waals surface area contributed by atoms with Gasteiger partial charge in [-0.3, -0.25) is 4.79 Å². The minimum Gasteiger partial charge on any atom is -0.345 e. The Labute approximate surface area is 105 Å². The van der Waals surface area contributed by atoms with Crippen molar-refractivity contribution in [2.24, 2.45) is 0 Å². The van der Waals surface area contributed by atoms with Crippen LogP contribution in [-0.4, -0.2) is 15.2 Å². The van der Waals surface area contributed by atoms with Crippen LogP contribution in [0.15, 0.2) is 6.07 Å². The number of alkyl halides is 1. The predicted molar refractivity (Wildman–Crippen MR) is 69.5 cm³/mol. The molecule has 3 heteroatoms. The second kappa shape index (κ2) is 4.36. The number of Topliss-reactive ketones (excluding diaryl/α,β-unsaturated/α-hetero) is 1. The van der Waals surface area contributed by atoms with Crippen LogP contribution in [0.3, 0.4) is 0 Å². The molecule has 2 nitrogen and oxygen atoms in total. The van der Waals surface area contributed by atoms with Crippen LogP contribution < -0.4 is 0 Å². The average Bonchev–Trinajstić information content (AvgIpc) is 2.42. The van der Waals surface area contributed by atoms with E-state index in [2.05, 4.69) is 34.3 Å². The average molecular weight is 284 g/mol. The van der Waals surface area contributed by atoms with E-state index in [1.54, 1.807) is 0 Å². The summed E-state index contributed by atoms with van der Waals surface area (Å²) < 4.78 is 2.34. The molecule has 0 bridgehead atoms. The van der Waals surface area contributed by atoms with E-state index in [0.717, 1.165) is 11.3 Å². The van der Waals surface area contributed by atoms with Gasteiger partial charge in [0.05, 0.1) is 4.83 Å². The van der Waals surface area contributed by atoms with Crippen LogP contribution in [-0.2, 0) is 0 Å². The van der Waals surface area contributed by atoms with E-state index in [1.807, 2.05) is 13.0 Å². The molecule has 0 spiro atoms. The fraction of sp³-hybridized carbons (Fsp3) is 0.615. The molecule has 2 rings (SSSR count). The van der Waals surface area contributed by atoms with Gasteiger partial charge in [0.1, 0.15) is 0 Å². The molecule has 1 atom stereocenters. The van der Waals surface area contributed by atoms with Gasteiger partial charge in [-0.05, 0) is 46.1 Å². The van der Waals surface area contributed by atoms with Crippen molar-refractivity contribution < 1.29 is 4.79 Å². The SMILES string of the molecule is Cc1cc(C(=O)C(C)Br)c(C)n1C1CCC1. The number of carbonyl (C=O) groups is 1. The van der Waals surface area contributed by atoms with Crippen LogP contribution in [0.5, 0.6) is 0 Å². The number of halogens is 1. The summed E-state index contributed by atoms with van der Waals surface area (Å²) in [6.07, 6.45) is 3.83. The summed E-state index contributed by atoms with van der Waals surface area (Å²) in [5, 5.41) is 0. The Hall–Kier alpha value is -0.570. The van der Waals surface area contributed by atoms with Crippen molar-refractivity contribution in [1.29, 1.82) is 0 Å². The maximum Gasteiger partial charge on any atom is 0.177 e. The third-order valence-corrected chi connectivity index (χ3v) is 3.97. The Morgan fingerprint density at radius 2 is 2.12 bits per heavy atom. The highest BCUT2D eigenvalue weighted by atomic mass is 79.9. The highest BCUT2D eigenvalue weighted by Gasteiger charge is 2.25. The predicted octanol–water partition coefficient (Wildman–Crippen LogP) is 3.80. The molecular formula is C13H18BrNO. The molecular weight excluding hydrogens is 266 g/mol. The fourth-order valence-corrected chi connectivity index (χ4v) is 2.69. The van der Waals surface area contributed by atoms with Crippen molar-refractivity contribution in [3.8, 4) is 0 Å². The zero-order valence-electron chi connectivity index (χ0n) is 10.1. The third kappa shape index (κ3) is 1.86. The molecule has 16 heavy (non-hydrogen) atoms. The van der Waals surface area contributed by atoms with E-state index in [9.17, 15) is 4.79 Å².